The van der Waals surface area contributed by atoms with Crippen LogP contribution in [-0.2, 0) is 10.0 Å². The first-order valence-corrected chi connectivity index (χ1v) is 9.09. The van der Waals surface area contributed by atoms with Crippen LogP contribution in [-0.4, -0.2) is 44.2 Å². The van der Waals surface area contributed by atoms with Gasteiger partial charge in [-0.25, -0.2) is 17.9 Å². The van der Waals surface area contributed by atoms with Crippen molar-refractivity contribution in [2.45, 2.75) is 23.8 Å². The highest BCUT2D eigenvalue weighted by atomic mass is 32.2. The maximum absolute atomic E-state index is 12.3. The molecule has 1 aromatic carbocycles. The number of rotatable bonds is 5. The van der Waals surface area contributed by atoms with Crippen molar-refractivity contribution in [1.82, 2.24) is 4.72 Å². The van der Waals surface area contributed by atoms with E-state index >= 15 is 0 Å². The smallest absolute Gasteiger partial charge is 0.339 e. The van der Waals surface area contributed by atoms with Crippen LogP contribution in [0.25, 0.3) is 0 Å². The predicted octanol–water partition coefficient (Wildman–Crippen LogP) is 1.57. The predicted molar refractivity (Wildman–Crippen MR) is 80.6 cm³/mol. The monoisotopic (exact) mass is 331 g/mol. The first-order chi connectivity index (χ1) is 9.94. The number of carbonyl (C=O) groups is 1. The fourth-order valence-electron chi connectivity index (χ4n) is 2.14. The lowest BCUT2D eigenvalue weighted by Gasteiger charge is -2.22. The minimum absolute atomic E-state index is 0.0590. The molecule has 1 aromatic rings. The Morgan fingerprint density at radius 2 is 2.24 bits per heavy atom. The average Bonchev–Trinajstić information content (AvgIpc) is 2.47. The number of hydrogen-bond donors (Lipinski definition) is 2. The van der Waals surface area contributed by atoms with E-state index in [1.807, 2.05) is 0 Å². The first kappa shape index (κ1) is 16.1. The second-order valence-corrected chi connectivity index (χ2v) is 7.57. The number of nitrogens with one attached hydrogen (secondary N) is 1. The molecule has 1 unspecified atom stereocenters. The Balaban J connectivity index is 2.27. The van der Waals surface area contributed by atoms with Gasteiger partial charge in [-0.3, -0.25) is 0 Å². The van der Waals surface area contributed by atoms with Crippen molar-refractivity contribution in [3.05, 3.63) is 23.8 Å². The van der Waals surface area contributed by atoms with Gasteiger partial charge in [-0.2, -0.15) is 11.8 Å². The molecule has 116 valence electrons. The van der Waals surface area contributed by atoms with E-state index < -0.39 is 16.0 Å². The number of ether oxygens (including phenoxy) is 1. The molecular weight excluding hydrogens is 314 g/mol. The van der Waals surface area contributed by atoms with Crippen LogP contribution in [0.1, 0.15) is 23.2 Å². The van der Waals surface area contributed by atoms with Crippen LogP contribution in [0.5, 0.6) is 5.75 Å². The molecule has 0 spiro atoms. The molecule has 2 N–H and O–H groups in total. The molecule has 1 saturated heterocycles. The van der Waals surface area contributed by atoms with Crippen LogP contribution in [0.4, 0.5) is 0 Å². The summed E-state index contributed by atoms with van der Waals surface area (Å²) < 4.78 is 32.2. The van der Waals surface area contributed by atoms with E-state index in [9.17, 15) is 13.2 Å². The number of carboxylic acids is 1. The van der Waals surface area contributed by atoms with Crippen molar-refractivity contribution in [3.8, 4) is 5.75 Å². The largest absolute Gasteiger partial charge is 0.496 e. The molecule has 2 rings (SSSR count). The Hall–Kier alpha value is -1.25. The van der Waals surface area contributed by atoms with E-state index in [1.54, 1.807) is 11.8 Å². The summed E-state index contributed by atoms with van der Waals surface area (Å²) in [4.78, 5) is 11.1. The van der Waals surface area contributed by atoms with Gasteiger partial charge in [0.2, 0.25) is 10.0 Å². The lowest BCUT2D eigenvalue weighted by Crippen LogP contribution is -2.38. The van der Waals surface area contributed by atoms with Gasteiger partial charge in [0.25, 0.3) is 0 Å². The van der Waals surface area contributed by atoms with Crippen LogP contribution >= 0.6 is 11.8 Å². The van der Waals surface area contributed by atoms with Gasteiger partial charge >= 0.3 is 5.97 Å². The van der Waals surface area contributed by atoms with E-state index in [-0.39, 0.29) is 22.3 Å². The number of benzene rings is 1. The molecule has 6 nitrogen and oxygen atoms in total. The minimum atomic E-state index is -3.72. The number of carboxylic acid groups (broad SMARTS) is 1. The quantitative estimate of drug-likeness (QED) is 0.851. The molecule has 1 fully saturated rings. The van der Waals surface area contributed by atoms with Crippen LogP contribution in [0.3, 0.4) is 0 Å². The highest BCUT2D eigenvalue weighted by molar-refractivity contribution is 7.99. The van der Waals surface area contributed by atoms with E-state index in [4.69, 9.17) is 9.84 Å². The summed E-state index contributed by atoms with van der Waals surface area (Å²) in [5.74, 6) is 0.692. The van der Waals surface area contributed by atoms with Crippen molar-refractivity contribution in [2.75, 3.05) is 18.6 Å². The minimum Gasteiger partial charge on any atom is -0.496 e. The summed E-state index contributed by atoms with van der Waals surface area (Å²) in [5, 5.41) is 9.11. The van der Waals surface area contributed by atoms with Gasteiger partial charge in [0.05, 0.1) is 12.0 Å². The van der Waals surface area contributed by atoms with E-state index in [1.165, 1.54) is 19.2 Å². The second-order valence-electron chi connectivity index (χ2n) is 4.70. The first-order valence-electron chi connectivity index (χ1n) is 6.45. The summed E-state index contributed by atoms with van der Waals surface area (Å²) in [7, 11) is -2.38. The maximum Gasteiger partial charge on any atom is 0.339 e. The Morgan fingerprint density at radius 1 is 1.48 bits per heavy atom. The number of aromatic carboxylic acids is 1. The molecule has 0 bridgehead atoms. The third-order valence-corrected chi connectivity index (χ3v) is 5.93. The third kappa shape index (κ3) is 3.90. The lowest BCUT2D eigenvalue weighted by atomic mass is 10.2. The Bertz CT molecular complexity index is 623. The third-order valence-electron chi connectivity index (χ3n) is 3.19. The summed E-state index contributed by atoms with van der Waals surface area (Å²) >= 11 is 1.71. The molecule has 1 atom stereocenters. The van der Waals surface area contributed by atoms with Crippen LogP contribution in [0.2, 0.25) is 0 Å². The van der Waals surface area contributed by atoms with Crippen LogP contribution in [0.15, 0.2) is 23.1 Å². The van der Waals surface area contributed by atoms with Gasteiger partial charge in [-0.1, -0.05) is 0 Å². The Morgan fingerprint density at radius 3 is 2.81 bits per heavy atom. The van der Waals surface area contributed by atoms with Gasteiger partial charge in [0.1, 0.15) is 11.3 Å². The maximum atomic E-state index is 12.3. The molecule has 0 aromatic heterocycles. The fourth-order valence-corrected chi connectivity index (χ4v) is 4.62. The highest BCUT2D eigenvalue weighted by Crippen LogP contribution is 2.24. The molecule has 0 aliphatic carbocycles. The van der Waals surface area contributed by atoms with Gasteiger partial charge in [0.15, 0.2) is 0 Å². The number of sulfonamides is 1. The normalized spacial score (nSPS) is 19.2. The summed E-state index contributed by atoms with van der Waals surface area (Å²) in [5.41, 5.74) is -0.168. The van der Waals surface area contributed by atoms with Crippen molar-refractivity contribution >= 4 is 27.8 Å². The molecule has 0 radical (unpaired) electrons. The fraction of sp³-hybridized carbons (Fsp3) is 0.462. The Kier molecular flexibility index (Phi) is 5.13. The van der Waals surface area contributed by atoms with Gasteiger partial charge in [-0.05, 0) is 36.8 Å². The standard InChI is InChI=1S/C13H17NO5S2/c1-19-12-5-4-10(7-11(12)13(15)16)21(17,18)14-9-3-2-6-20-8-9/h4-5,7,9,14H,2-3,6,8H2,1H3,(H,15,16). The van der Waals surface area contributed by atoms with Gasteiger partial charge in [-0.15, -0.1) is 0 Å². The zero-order chi connectivity index (χ0) is 15.5. The van der Waals surface area contributed by atoms with Crippen molar-refractivity contribution in [3.63, 3.8) is 0 Å². The number of thioether (sulfide) groups is 1. The van der Waals surface area contributed by atoms with E-state index in [0.717, 1.165) is 30.4 Å². The molecule has 1 aliphatic rings. The second kappa shape index (κ2) is 6.67. The summed E-state index contributed by atoms with van der Waals surface area (Å²) in [6, 6.07) is 3.72. The molecule has 0 saturated carbocycles. The molecule has 0 amide bonds. The average molecular weight is 331 g/mol. The number of methoxy groups -OCH3 is 1. The SMILES string of the molecule is COc1ccc(S(=O)(=O)NC2CCCSC2)cc1C(=O)O. The molecule has 21 heavy (non-hydrogen) atoms. The molecule has 1 aliphatic heterocycles. The van der Waals surface area contributed by atoms with Crippen LogP contribution < -0.4 is 9.46 Å². The Labute approximate surface area is 127 Å². The zero-order valence-electron chi connectivity index (χ0n) is 11.5. The van der Waals surface area contributed by atoms with Crippen molar-refractivity contribution in [2.24, 2.45) is 0 Å². The topological polar surface area (TPSA) is 92.7 Å². The summed E-state index contributed by atoms with van der Waals surface area (Å²) in [6.07, 6.45) is 1.77. The van der Waals surface area contributed by atoms with Crippen molar-refractivity contribution in [1.29, 1.82) is 0 Å². The highest BCUT2D eigenvalue weighted by Gasteiger charge is 2.24. The van der Waals surface area contributed by atoms with Gasteiger partial charge in [0, 0.05) is 11.8 Å². The molecular formula is C13H17NO5S2. The van der Waals surface area contributed by atoms with Crippen molar-refractivity contribution < 1.29 is 23.1 Å². The lowest BCUT2D eigenvalue weighted by molar-refractivity contribution is 0.0693. The van der Waals surface area contributed by atoms with E-state index in [2.05, 4.69) is 4.72 Å². The number of hydrogen-bond acceptors (Lipinski definition) is 5. The molecule has 8 heteroatoms. The zero-order valence-corrected chi connectivity index (χ0v) is 13.2. The van der Waals surface area contributed by atoms with E-state index in [0.29, 0.717) is 0 Å². The van der Waals surface area contributed by atoms with Gasteiger partial charge < -0.3 is 9.84 Å². The van der Waals surface area contributed by atoms with Crippen LogP contribution in [0, 0.1) is 0 Å². The molecule has 1 heterocycles. The summed E-state index contributed by atoms with van der Waals surface area (Å²) in [6.45, 7) is 0.